The Morgan fingerprint density at radius 2 is 2.12 bits per heavy atom. The van der Waals surface area contributed by atoms with E-state index in [1.165, 1.54) is 18.2 Å². The first-order chi connectivity index (χ1) is 12.2. The molecule has 0 radical (unpaired) electrons. The van der Waals surface area contributed by atoms with Crippen molar-refractivity contribution in [1.29, 1.82) is 5.26 Å². The fourth-order valence-corrected chi connectivity index (χ4v) is 2.12. The van der Waals surface area contributed by atoms with E-state index >= 15 is 0 Å². The smallest absolute Gasteiger partial charge is 0.462 e. The third-order valence-corrected chi connectivity index (χ3v) is 3.21. The van der Waals surface area contributed by atoms with Gasteiger partial charge in [-0.25, -0.2) is 9.78 Å². The molecule has 0 saturated heterocycles. The lowest BCUT2D eigenvalue weighted by atomic mass is 10.2. The second-order valence-electron chi connectivity index (χ2n) is 4.76. The third-order valence-electron chi connectivity index (χ3n) is 2.92. The molecule has 0 unspecified atom stereocenters. The summed E-state index contributed by atoms with van der Waals surface area (Å²) >= 11 is 5.87. The quantitative estimate of drug-likeness (QED) is 0.605. The Hall–Kier alpha value is -2.99. The summed E-state index contributed by atoms with van der Waals surface area (Å²) in [6, 6.07) is 7.91. The van der Waals surface area contributed by atoms with E-state index in [4.69, 9.17) is 21.6 Å². The Balaban J connectivity index is 2.40. The molecular formula is C16H11ClF3N3O3. The minimum Gasteiger partial charge on any atom is -0.462 e. The second-order valence-corrected chi connectivity index (χ2v) is 5.11. The largest absolute Gasteiger partial charge is 0.573 e. The third kappa shape index (κ3) is 5.00. The summed E-state index contributed by atoms with van der Waals surface area (Å²) in [6.45, 7) is 1.68. The Kier molecular flexibility index (Phi) is 5.90. The van der Waals surface area contributed by atoms with Crippen LogP contribution < -0.4 is 10.1 Å². The number of nitriles is 1. The number of carbonyl (C=O) groups is 1. The maximum atomic E-state index is 12.3. The number of nitrogens with zero attached hydrogens (tertiary/aromatic N) is 2. The summed E-state index contributed by atoms with van der Waals surface area (Å²) in [5, 5.41) is 11.5. The second kappa shape index (κ2) is 7.93. The molecule has 0 aliphatic heterocycles. The standard InChI is InChI=1S/C16H11ClF3N3O3/c1-2-25-15(24)12-6-9(8-21)13(17)23-14(12)22-10-4-3-5-11(7-10)26-16(18,19)20/h3-7H,2H2,1H3,(H,22,23). The fraction of sp³-hybridized carbons (Fsp3) is 0.188. The normalized spacial score (nSPS) is 10.8. The zero-order valence-corrected chi connectivity index (χ0v) is 14.0. The number of hydrogen-bond acceptors (Lipinski definition) is 6. The molecule has 0 aliphatic carbocycles. The van der Waals surface area contributed by atoms with Crippen LogP contribution >= 0.6 is 11.6 Å². The van der Waals surface area contributed by atoms with Crippen LogP contribution in [0.5, 0.6) is 5.75 Å². The van der Waals surface area contributed by atoms with E-state index in [0.717, 1.165) is 12.1 Å². The Bertz CT molecular complexity index is 866. The molecule has 2 rings (SSSR count). The first kappa shape index (κ1) is 19.3. The van der Waals surface area contributed by atoms with Crippen molar-refractivity contribution in [3.8, 4) is 11.8 Å². The first-order valence-electron chi connectivity index (χ1n) is 7.14. The van der Waals surface area contributed by atoms with E-state index in [2.05, 4.69) is 15.0 Å². The highest BCUT2D eigenvalue weighted by molar-refractivity contribution is 6.30. The van der Waals surface area contributed by atoms with Gasteiger partial charge in [0.25, 0.3) is 0 Å². The molecule has 6 nitrogen and oxygen atoms in total. The Labute approximate surface area is 151 Å². The predicted molar refractivity (Wildman–Crippen MR) is 86.3 cm³/mol. The molecule has 0 bridgehead atoms. The van der Waals surface area contributed by atoms with Crippen LogP contribution in [0.25, 0.3) is 0 Å². The van der Waals surface area contributed by atoms with Crippen molar-refractivity contribution in [2.24, 2.45) is 0 Å². The van der Waals surface area contributed by atoms with Crippen LogP contribution in [0.3, 0.4) is 0 Å². The number of hydrogen-bond donors (Lipinski definition) is 1. The average molecular weight is 386 g/mol. The Morgan fingerprint density at radius 1 is 1.38 bits per heavy atom. The SMILES string of the molecule is CCOC(=O)c1cc(C#N)c(Cl)nc1Nc1cccc(OC(F)(F)F)c1. The number of aromatic nitrogens is 1. The molecule has 10 heteroatoms. The fourth-order valence-electron chi connectivity index (χ4n) is 1.94. The van der Waals surface area contributed by atoms with Crippen LogP contribution in [-0.4, -0.2) is 23.9 Å². The van der Waals surface area contributed by atoms with Gasteiger partial charge in [-0.15, -0.1) is 13.2 Å². The van der Waals surface area contributed by atoms with Crippen LogP contribution in [0.2, 0.25) is 5.15 Å². The highest BCUT2D eigenvalue weighted by Crippen LogP contribution is 2.29. The molecule has 2 aromatic rings. The summed E-state index contributed by atoms with van der Waals surface area (Å²) in [5.41, 5.74) is 0.0231. The van der Waals surface area contributed by atoms with Gasteiger partial charge in [0.1, 0.15) is 28.4 Å². The summed E-state index contributed by atoms with van der Waals surface area (Å²) < 4.78 is 45.7. The molecular weight excluding hydrogens is 375 g/mol. The van der Waals surface area contributed by atoms with Crippen LogP contribution in [0.15, 0.2) is 30.3 Å². The number of alkyl halides is 3. The van der Waals surface area contributed by atoms with Gasteiger partial charge in [0.2, 0.25) is 0 Å². The molecule has 1 aromatic carbocycles. The van der Waals surface area contributed by atoms with Crippen molar-refractivity contribution in [3.63, 3.8) is 0 Å². The molecule has 1 heterocycles. The van der Waals surface area contributed by atoms with Gasteiger partial charge in [-0.2, -0.15) is 5.26 Å². The molecule has 136 valence electrons. The van der Waals surface area contributed by atoms with Crippen molar-refractivity contribution >= 4 is 29.1 Å². The summed E-state index contributed by atoms with van der Waals surface area (Å²) in [7, 11) is 0. The number of anilines is 2. The summed E-state index contributed by atoms with van der Waals surface area (Å²) in [5.74, 6) is -1.30. The maximum absolute atomic E-state index is 12.3. The average Bonchev–Trinajstić information content (AvgIpc) is 2.54. The number of halogens is 4. The molecule has 0 saturated carbocycles. The van der Waals surface area contributed by atoms with E-state index in [9.17, 15) is 18.0 Å². The van der Waals surface area contributed by atoms with E-state index in [1.54, 1.807) is 13.0 Å². The highest BCUT2D eigenvalue weighted by atomic mass is 35.5. The van der Waals surface area contributed by atoms with Crippen LogP contribution in [-0.2, 0) is 4.74 Å². The zero-order valence-electron chi connectivity index (χ0n) is 13.2. The van der Waals surface area contributed by atoms with E-state index < -0.39 is 18.1 Å². The van der Waals surface area contributed by atoms with Crippen molar-refractivity contribution < 1.29 is 27.4 Å². The van der Waals surface area contributed by atoms with Gasteiger partial charge in [0, 0.05) is 11.8 Å². The van der Waals surface area contributed by atoms with Gasteiger partial charge in [0.15, 0.2) is 0 Å². The van der Waals surface area contributed by atoms with Gasteiger partial charge in [-0.3, -0.25) is 0 Å². The number of benzene rings is 1. The highest BCUT2D eigenvalue weighted by Gasteiger charge is 2.31. The van der Waals surface area contributed by atoms with Gasteiger partial charge in [0.05, 0.1) is 12.2 Å². The van der Waals surface area contributed by atoms with E-state index in [1.807, 2.05) is 0 Å². The molecule has 0 aliphatic rings. The predicted octanol–water partition coefficient (Wildman–Crippen LogP) is 4.43. The molecule has 1 N–H and O–H groups in total. The van der Waals surface area contributed by atoms with Crippen molar-refractivity contribution in [2.45, 2.75) is 13.3 Å². The lowest BCUT2D eigenvalue weighted by molar-refractivity contribution is -0.274. The molecule has 26 heavy (non-hydrogen) atoms. The van der Waals surface area contributed by atoms with E-state index in [0.29, 0.717) is 0 Å². The Morgan fingerprint density at radius 3 is 2.73 bits per heavy atom. The molecule has 0 atom stereocenters. The van der Waals surface area contributed by atoms with Crippen LogP contribution in [0, 0.1) is 11.3 Å². The van der Waals surface area contributed by atoms with Gasteiger partial charge >= 0.3 is 12.3 Å². The van der Waals surface area contributed by atoms with Crippen molar-refractivity contribution in [1.82, 2.24) is 4.98 Å². The first-order valence-corrected chi connectivity index (χ1v) is 7.52. The molecule has 1 aromatic heterocycles. The number of pyridine rings is 1. The number of nitrogens with one attached hydrogen (secondary N) is 1. The van der Waals surface area contributed by atoms with Crippen molar-refractivity contribution in [2.75, 3.05) is 11.9 Å². The number of rotatable bonds is 5. The monoisotopic (exact) mass is 385 g/mol. The number of carbonyl (C=O) groups excluding carboxylic acids is 1. The number of esters is 1. The van der Waals surface area contributed by atoms with Gasteiger partial charge in [-0.1, -0.05) is 17.7 Å². The van der Waals surface area contributed by atoms with Crippen LogP contribution in [0.1, 0.15) is 22.8 Å². The van der Waals surface area contributed by atoms with E-state index in [-0.39, 0.29) is 34.4 Å². The summed E-state index contributed by atoms with van der Waals surface area (Å²) in [4.78, 5) is 16.0. The van der Waals surface area contributed by atoms with Crippen molar-refractivity contribution in [3.05, 3.63) is 46.6 Å². The number of ether oxygens (including phenoxy) is 2. The maximum Gasteiger partial charge on any atom is 0.573 e. The lowest BCUT2D eigenvalue weighted by Crippen LogP contribution is -2.17. The topological polar surface area (TPSA) is 84.2 Å². The summed E-state index contributed by atoms with van der Waals surface area (Å²) in [6.07, 6.45) is -4.84. The lowest BCUT2D eigenvalue weighted by Gasteiger charge is -2.13. The molecule has 0 fully saturated rings. The zero-order chi connectivity index (χ0) is 19.3. The minimum atomic E-state index is -4.84. The van der Waals surface area contributed by atoms with Gasteiger partial charge < -0.3 is 14.8 Å². The molecule has 0 spiro atoms. The van der Waals surface area contributed by atoms with Gasteiger partial charge in [-0.05, 0) is 25.1 Å². The minimum absolute atomic E-state index is 0.0468. The van der Waals surface area contributed by atoms with Crippen LogP contribution in [0.4, 0.5) is 24.7 Å². The molecule has 0 amide bonds.